The topological polar surface area (TPSA) is 83.4 Å². The normalized spacial score (nSPS) is 10.8. The molecule has 0 saturated carbocycles. The monoisotopic (exact) mass is 603 g/mol. The highest BCUT2D eigenvalue weighted by Crippen LogP contribution is 2.31. The standard InChI is InChI=1S/C27H17Cl4N3O3S/c28-15-1-9-20(22(30)13-15)24-11-7-19(37-24)8-12-25(35)34-27(38)33-18-5-3-17(4-6-18)32-26(36)21-10-2-16(29)14-23(21)31/h1-14H,(H,32,36)(H2,33,34,35,38)/b12-8+. The third kappa shape index (κ3) is 7.37. The summed E-state index contributed by atoms with van der Waals surface area (Å²) in [6.45, 7) is 0. The first-order chi connectivity index (χ1) is 18.2. The van der Waals surface area contributed by atoms with Crippen molar-refractivity contribution in [3.8, 4) is 11.3 Å². The van der Waals surface area contributed by atoms with Crippen molar-refractivity contribution in [2.45, 2.75) is 0 Å². The van der Waals surface area contributed by atoms with E-state index in [1.165, 1.54) is 18.2 Å². The number of benzene rings is 3. The number of amides is 2. The Morgan fingerprint density at radius 2 is 1.39 bits per heavy atom. The van der Waals surface area contributed by atoms with Crippen molar-refractivity contribution in [2.24, 2.45) is 0 Å². The highest BCUT2D eigenvalue weighted by molar-refractivity contribution is 7.80. The Morgan fingerprint density at radius 3 is 2.05 bits per heavy atom. The second-order valence-corrected chi connectivity index (χ2v) is 9.85. The summed E-state index contributed by atoms with van der Waals surface area (Å²) in [6, 6.07) is 19.9. The first-order valence-electron chi connectivity index (χ1n) is 10.9. The minimum absolute atomic E-state index is 0.0949. The van der Waals surface area contributed by atoms with Gasteiger partial charge in [0.1, 0.15) is 11.5 Å². The maximum absolute atomic E-state index is 12.4. The van der Waals surface area contributed by atoms with Gasteiger partial charge in [0.2, 0.25) is 5.91 Å². The van der Waals surface area contributed by atoms with Gasteiger partial charge in [-0.05, 0) is 91.1 Å². The second kappa shape index (κ2) is 12.5. The van der Waals surface area contributed by atoms with E-state index < -0.39 is 5.91 Å². The highest BCUT2D eigenvalue weighted by atomic mass is 35.5. The molecule has 4 rings (SSSR count). The molecule has 0 bridgehead atoms. The smallest absolute Gasteiger partial charge is 0.257 e. The molecule has 3 aromatic carbocycles. The predicted molar refractivity (Wildman–Crippen MR) is 158 cm³/mol. The molecular weight excluding hydrogens is 588 g/mol. The average molecular weight is 605 g/mol. The lowest BCUT2D eigenvalue weighted by Crippen LogP contribution is -2.32. The van der Waals surface area contributed by atoms with E-state index in [4.69, 9.17) is 63.0 Å². The maximum Gasteiger partial charge on any atom is 0.257 e. The Hall–Kier alpha value is -3.33. The lowest BCUT2D eigenvalue weighted by atomic mass is 10.2. The first-order valence-corrected chi connectivity index (χ1v) is 12.8. The van der Waals surface area contributed by atoms with Gasteiger partial charge >= 0.3 is 0 Å². The molecule has 0 aliphatic rings. The van der Waals surface area contributed by atoms with Crippen LogP contribution in [0.3, 0.4) is 0 Å². The van der Waals surface area contributed by atoms with Gasteiger partial charge in [-0.3, -0.25) is 14.9 Å². The third-order valence-electron chi connectivity index (χ3n) is 5.04. The SMILES string of the molecule is O=C(/C=C/c1ccc(-c2ccc(Cl)cc2Cl)o1)NC(=S)Nc1ccc(NC(=O)c2ccc(Cl)cc2Cl)cc1. The van der Waals surface area contributed by atoms with Crippen LogP contribution >= 0.6 is 58.6 Å². The van der Waals surface area contributed by atoms with Gasteiger partial charge < -0.3 is 15.1 Å². The van der Waals surface area contributed by atoms with Crippen molar-refractivity contribution >= 4 is 93.0 Å². The molecule has 2 amide bonds. The van der Waals surface area contributed by atoms with Gasteiger partial charge in [-0.15, -0.1) is 0 Å². The van der Waals surface area contributed by atoms with Crippen molar-refractivity contribution in [3.05, 3.63) is 110 Å². The molecule has 192 valence electrons. The van der Waals surface area contributed by atoms with Gasteiger partial charge in [-0.1, -0.05) is 46.4 Å². The molecule has 1 aromatic heterocycles. The fourth-order valence-electron chi connectivity index (χ4n) is 3.26. The van der Waals surface area contributed by atoms with Crippen molar-refractivity contribution < 1.29 is 14.0 Å². The molecule has 6 nitrogen and oxygen atoms in total. The lowest BCUT2D eigenvalue weighted by Gasteiger charge is -2.10. The van der Waals surface area contributed by atoms with Crippen LogP contribution in [0.25, 0.3) is 17.4 Å². The summed E-state index contributed by atoms with van der Waals surface area (Å²) in [7, 11) is 0. The summed E-state index contributed by atoms with van der Waals surface area (Å²) >= 11 is 29.3. The van der Waals surface area contributed by atoms with Crippen LogP contribution in [-0.4, -0.2) is 16.9 Å². The molecule has 0 saturated heterocycles. The van der Waals surface area contributed by atoms with Crippen LogP contribution in [0.2, 0.25) is 20.1 Å². The minimum Gasteiger partial charge on any atom is -0.457 e. The van der Waals surface area contributed by atoms with Crippen LogP contribution in [0, 0.1) is 0 Å². The van der Waals surface area contributed by atoms with E-state index >= 15 is 0 Å². The molecule has 4 aromatic rings. The van der Waals surface area contributed by atoms with Crippen LogP contribution in [0.4, 0.5) is 11.4 Å². The molecule has 0 aliphatic heterocycles. The molecule has 38 heavy (non-hydrogen) atoms. The summed E-state index contributed by atoms with van der Waals surface area (Å²) in [5.74, 6) is 0.174. The van der Waals surface area contributed by atoms with Gasteiger partial charge in [0.15, 0.2) is 5.11 Å². The summed E-state index contributed by atoms with van der Waals surface area (Å²) in [4.78, 5) is 24.7. The molecule has 0 atom stereocenters. The fourth-order valence-corrected chi connectivity index (χ4v) is 4.47. The van der Waals surface area contributed by atoms with Gasteiger partial charge in [0.25, 0.3) is 5.91 Å². The Kier molecular flexibility index (Phi) is 9.09. The van der Waals surface area contributed by atoms with Crippen LogP contribution in [0.1, 0.15) is 16.1 Å². The average Bonchev–Trinajstić information content (AvgIpc) is 3.32. The number of anilines is 2. The summed E-state index contributed by atoms with van der Waals surface area (Å²) in [6.07, 6.45) is 2.80. The Morgan fingerprint density at radius 1 is 0.763 bits per heavy atom. The van der Waals surface area contributed by atoms with Gasteiger partial charge in [0.05, 0.1) is 15.6 Å². The minimum atomic E-state index is -0.450. The van der Waals surface area contributed by atoms with E-state index in [-0.39, 0.29) is 16.0 Å². The van der Waals surface area contributed by atoms with Crippen LogP contribution < -0.4 is 16.0 Å². The number of carbonyl (C=O) groups is 2. The first kappa shape index (κ1) is 27.7. The van der Waals surface area contributed by atoms with E-state index in [9.17, 15) is 9.59 Å². The Bertz CT molecular complexity index is 1550. The van der Waals surface area contributed by atoms with Crippen molar-refractivity contribution in [3.63, 3.8) is 0 Å². The van der Waals surface area contributed by atoms with Crippen LogP contribution in [0.5, 0.6) is 0 Å². The van der Waals surface area contributed by atoms with E-state index in [0.29, 0.717) is 49.1 Å². The molecule has 0 aliphatic carbocycles. The Labute approximate surface area is 243 Å². The maximum atomic E-state index is 12.4. The molecular formula is C27H17Cl4N3O3S. The largest absolute Gasteiger partial charge is 0.457 e. The fraction of sp³-hybridized carbons (Fsp3) is 0. The molecule has 0 fully saturated rings. The number of hydrogen-bond acceptors (Lipinski definition) is 4. The zero-order valence-corrected chi connectivity index (χ0v) is 23.1. The highest BCUT2D eigenvalue weighted by Gasteiger charge is 2.12. The zero-order chi connectivity index (χ0) is 27.2. The number of carbonyl (C=O) groups excluding carboxylic acids is 2. The van der Waals surface area contributed by atoms with Crippen molar-refractivity contribution in [2.75, 3.05) is 10.6 Å². The van der Waals surface area contributed by atoms with Crippen LogP contribution in [-0.2, 0) is 4.79 Å². The van der Waals surface area contributed by atoms with Gasteiger partial charge in [-0.25, -0.2) is 0 Å². The predicted octanol–water partition coefficient (Wildman–Crippen LogP) is 8.34. The number of nitrogens with one attached hydrogen (secondary N) is 3. The quantitative estimate of drug-likeness (QED) is 0.152. The summed E-state index contributed by atoms with van der Waals surface area (Å²) in [5, 5.41) is 9.97. The van der Waals surface area contributed by atoms with E-state index in [1.54, 1.807) is 66.7 Å². The second-order valence-electron chi connectivity index (χ2n) is 7.76. The molecule has 0 unspecified atom stereocenters. The van der Waals surface area contributed by atoms with Gasteiger partial charge in [0, 0.05) is 33.1 Å². The molecule has 3 N–H and O–H groups in total. The number of thiocarbonyl (C=S) groups is 1. The zero-order valence-electron chi connectivity index (χ0n) is 19.2. The molecule has 0 spiro atoms. The number of furan rings is 1. The number of halogens is 4. The Balaban J connectivity index is 1.29. The van der Waals surface area contributed by atoms with Gasteiger partial charge in [-0.2, -0.15) is 0 Å². The van der Waals surface area contributed by atoms with E-state index in [2.05, 4.69) is 16.0 Å². The number of hydrogen-bond donors (Lipinski definition) is 3. The molecule has 1 heterocycles. The summed E-state index contributed by atoms with van der Waals surface area (Å²) in [5.41, 5.74) is 2.14. The van der Waals surface area contributed by atoms with E-state index in [1.807, 2.05) is 0 Å². The third-order valence-corrected chi connectivity index (χ3v) is 6.34. The molecule has 11 heteroatoms. The van der Waals surface area contributed by atoms with Crippen molar-refractivity contribution in [1.29, 1.82) is 0 Å². The molecule has 0 radical (unpaired) electrons. The summed E-state index contributed by atoms with van der Waals surface area (Å²) < 4.78 is 5.73. The lowest BCUT2D eigenvalue weighted by molar-refractivity contribution is -0.115. The van der Waals surface area contributed by atoms with Crippen molar-refractivity contribution in [1.82, 2.24) is 5.32 Å². The number of rotatable bonds is 6. The van der Waals surface area contributed by atoms with E-state index in [0.717, 1.165) is 0 Å². The van der Waals surface area contributed by atoms with Crippen LogP contribution in [0.15, 0.2) is 83.3 Å².